The molecule has 1 aromatic carbocycles. The van der Waals surface area contributed by atoms with Crippen LogP contribution in [0.15, 0.2) is 47.2 Å². The van der Waals surface area contributed by atoms with Gasteiger partial charge in [-0.1, -0.05) is 36.8 Å². The van der Waals surface area contributed by atoms with Crippen LogP contribution in [0.5, 0.6) is 0 Å². The van der Waals surface area contributed by atoms with Crippen LogP contribution < -0.4 is 0 Å². The normalized spacial score (nSPS) is 27.0. The standard InChI is InChI=1S/C19H21NO2S/c21-18(12-15-9-11-23-13-15)22-19(16-6-2-1-3-7-16)14-20-10-5-4-8-17(19)20/h1-3,6-7,9,11,13,17H,4-5,8,10,12,14H2/t17-,19+/m1/s1. The van der Waals surface area contributed by atoms with Gasteiger partial charge in [-0.15, -0.1) is 0 Å². The van der Waals surface area contributed by atoms with Crippen LogP contribution in [0.2, 0.25) is 0 Å². The van der Waals surface area contributed by atoms with Gasteiger partial charge in [0, 0.05) is 6.54 Å². The fraction of sp³-hybridized carbons (Fsp3) is 0.421. The number of benzene rings is 1. The molecule has 2 aliphatic heterocycles. The lowest BCUT2D eigenvalue weighted by atomic mass is 9.73. The highest BCUT2D eigenvalue weighted by atomic mass is 32.1. The molecule has 3 heterocycles. The molecule has 4 heteroatoms. The molecule has 1 aromatic heterocycles. The summed E-state index contributed by atoms with van der Waals surface area (Å²) in [5.41, 5.74) is 1.74. The molecule has 0 aliphatic carbocycles. The quantitative estimate of drug-likeness (QED) is 0.804. The van der Waals surface area contributed by atoms with E-state index in [1.807, 2.05) is 35.0 Å². The van der Waals surface area contributed by atoms with Crippen LogP contribution in [0, 0.1) is 0 Å². The van der Waals surface area contributed by atoms with Gasteiger partial charge >= 0.3 is 5.97 Å². The molecule has 0 unspecified atom stereocenters. The van der Waals surface area contributed by atoms with Gasteiger partial charge < -0.3 is 4.74 Å². The van der Waals surface area contributed by atoms with Gasteiger partial charge in [0.05, 0.1) is 12.5 Å². The molecular weight excluding hydrogens is 306 g/mol. The summed E-state index contributed by atoms with van der Waals surface area (Å²) in [5, 5.41) is 4.02. The highest BCUT2D eigenvalue weighted by Crippen LogP contribution is 2.46. The SMILES string of the molecule is O=C(Cc1ccsc1)O[C@]1(c2ccccc2)CN2CCCC[C@@H]21. The summed E-state index contributed by atoms with van der Waals surface area (Å²) in [6.45, 7) is 1.96. The third-order valence-corrected chi connectivity index (χ3v) is 5.81. The van der Waals surface area contributed by atoms with Crippen LogP contribution in [-0.4, -0.2) is 30.0 Å². The van der Waals surface area contributed by atoms with Crippen LogP contribution in [0.25, 0.3) is 0 Å². The minimum atomic E-state index is -0.450. The Labute approximate surface area is 140 Å². The molecule has 120 valence electrons. The van der Waals surface area contributed by atoms with Gasteiger partial charge in [-0.05, 0) is 47.3 Å². The first-order valence-electron chi connectivity index (χ1n) is 8.30. The number of fused-ring (bicyclic) bond motifs is 1. The monoisotopic (exact) mass is 327 g/mol. The first kappa shape index (κ1) is 14.9. The molecule has 23 heavy (non-hydrogen) atoms. The fourth-order valence-corrected chi connectivity index (χ4v) is 4.63. The number of rotatable bonds is 4. The zero-order chi connectivity index (χ0) is 15.7. The highest BCUT2D eigenvalue weighted by Gasteiger charge is 2.57. The Hall–Kier alpha value is -1.65. The second-order valence-electron chi connectivity index (χ2n) is 6.52. The first-order chi connectivity index (χ1) is 11.3. The molecule has 2 aliphatic rings. The maximum Gasteiger partial charge on any atom is 0.311 e. The molecule has 0 radical (unpaired) electrons. The molecule has 0 N–H and O–H groups in total. The number of nitrogens with zero attached hydrogens (tertiary/aromatic N) is 1. The van der Waals surface area contributed by atoms with Gasteiger partial charge in [-0.25, -0.2) is 0 Å². The maximum absolute atomic E-state index is 12.5. The van der Waals surface area contributed by atoms with Crippen molar-refractivity contribution >= 4 is 17.3 Å². The topological polar surface area (TPSA) is 29.5 Å². The number of piperidine rings is 1. The van der Waals surface area contributed by atoms with Gasteiger partial charge in [0.1, 0.15) is 0 Å². The molecule has 0 saturated carbocycles. The van der Waals surface area contributed by atoms with Crippen molar-refractivity contribution in [2.24, 2.45) is 0 Å². The van der Waals surface area contributed by atoms with Crippen molar-refractivity contribution < 1.29 is 9.53 Å². The number of thiophene rings is 1. The lowest BCUT2D eigenvalue weighted by molar-refractivity contribution is -0.210. The van der Waals surface area contributed by atoms with E-state index in [9.17, 15) is 4.79 Å². The Morgan fingerprint density at radius 3 is 2.87 bits per heavy atom. The van der Waals surface area contributed by atoms with E-state index in [1.165, 1.54) is 12.8 Å². The lowest BCUT2D eigenvalue weighted by Gasteiger charge is -2.58. The largest absolute Gasteiger partial charge is 0.451 e. The molecule has 0 bridgehead atoms. The van der Waals surface area contributed by atoms with Crippen molar-refractivity contribution in [2.75, 3.05) is 13.1 Å². The Bertz CT molecular complexity index is 670. The second kappa shape index (κ2) is 6.10. The van der Waals surface area contributed by atoms with Crippen molar-refractivity contribution in [3.05, 3.63) is 58.3 Å². The number of carbonyl (C=O) groups excluding carboxylic acids is 1. The predicted octanol–water partition coefficient (Wildman–Crippen LogP) is 3.60. The summed E-state index contributed by atoms with van der Waals surface area (Å²) in [6, 6.07) is 12.6. The Kier molecular flexibility index (Phi) is 3.95. The van der Waals surface area contributed by atoms with Crippen molar-refractivity contribution in [3.8, 4) is 0 Å². The zero-order valence-corrected chi connectivity index (χ0v) is 13.9. The van der Waals surface area contributed by atoms with Gasteiger partial charge in [0.15, 0.2) is 5.60 Å². The predicted molar refractivity (Wildman–Crippen MR) is 91.4 cm³/mol. The smallest absolute Gasteiger partial charge is 0.311 e. The molecular formula is C19H21NO2S. The van der Waals surface area contributed by atoms with Crippen molar-refractivity contribution in [3.63, 3.8) is 0 Å². The molecule has 2 atom stereocenters. The average Bonchev–Trinajstić information content (AvgIpc) is 3.06. The van der Waals surface area contributed by atoms with Gasteiger partial charge in [-0.3, -0.25) is 9.69 Å². The number of ether oxygens (including phenoxy) is 1. The van der Waals surface area contributed by atoms with Gasteiger partial charge in [0.25, 0.3) is 0 Å². The van der Waals surface area contributed by atoms with Crippen LogP contribution in [0.1, 0.15) is 30.4 Å². The summed E-state index contributed by atoms with van der Waals surface area (Å²) in [7, 11) is 0. The number of esters is 1. The Morgan fingerprint density at radius 1 is 1.26 bits per heavy atom. The fourth-order valence-electron chi connectivity index (χ4n) is 3.97. The van der Waals surface area contributed by atoms with E-state index >= 15 is 0 Å². The molecule has 0 amide bonds. The third kappa shape index (κ3) is 2.70. The lowest BCUT2D eigenvalue weighted by Crippen LogP contribution is -2.70. The van der Waals surface area contributed by atoms with Gasteiger partial charge in [-0.2, -0.15) is 11.3 Å². The summed E-state index contributed by atoms with van der Waals surface area (Å²) >= 11 is 1.62. The molecule has 4 rings (SSSR count). The Morgan fingerprint density at radius 2 is 2.13 bits per heavy atom. The van der Waals surface area contributed by atoms with Crippen molar-refractivity contribution in [2.45, 2.75) is 37.3 Å². The second-order valence-corrected chi connectivity index (χ2v) is 7.30. The van der Waals surface area contributed by atoms with E-state index in [1.54, 1.807) is 11.3 Å². The van der Waals surface area contributed by atoms with E-state index in [2.05, 4.69) is 17.0 Å². The van der Waals surface area contributed by atoms with E-state index < -0.39 is 5.60 Å². The minimum Gasteiger partial charge on any atom is -0.451 e. The number of carbonyl (C=O) groups is 1. The molecule has 0 spiro atoms. The summed E-state index contributed by atoms with van der Waals surface area (Å²) < 4.78 is 6.13. The third-order valence-electron chi connectivity index (χ3n) is 5.08. The van der Waals surface area contributed by atoms with Crippen molar-refractivity contribution in [1.29, 1.82) is 0 Å². The van der Waals surface area contributed by atoms with Crippen LogP contribution >= 0.6 is 11.3 Å². The van der Waals surface area contributed by atoms with Gasteiger partial charge in [0.2, 0.25) is 0 Å². The molecule has 2 saturated heterocycles. The maximum atomic E-state index is 12.5. The summed E-state index contributed by atoms with van der Waals surface area (Å²) in [4.78, 5) is 15.0. The van der Waals surface area contributed by atoms with E-state index in [4.69, 9.17) is 4.74 Å². The van der Waals surface area contributed by atoms with E-state index in [0.29, 0.717) is 12.5 Å². The molecule has 2 fully saturated rings. The van der Waals surface area contributed by atoms with E-state index in [-0.39, 0.29) is 5.97 Å². The number of hydrogen-bond donors (Lipinski definition) is 0. The van der Waals surface area contributed by atoms with Crippen LogP contribution in [0.4, 0.5) is 0 Å². The number of hydrogen-bond acceptors (Lipinski definition) is 4. The van der Waals surface area contributed by atoms with Crippen molar-refractivity contribution in [1.82, 2.24) is 4.90 Å². The first-order valence-corrected chi connectivity index (χ1v) is 9.25. The average molecular weight is 327 g/mol. The highest BCUT2D eigenvalue weighted by molar-refractivity contribution is 7.07. The minimum absolute atomic E-state index is 0.113. The van der Waals surface area contributed by atoms with Crippen LogP contribution in [0.3, 0.4) is 0 Å². The summed E-state index contributed by atoms with van der Waals surface area (Å²) in [5.74, 6) is -0.113. The summed E-state index contributed by atoms with van der Waals surface area (Å²) in [6.07, 6.45) is 3.95. The zero-order valence-electron chi connectivity index (χ0n) is 13.1. The molecule has 2 aromatic rings. The Balaban J connectivity index is 1.58. The van der Waals surface area contributed by atoms with Crippen LogP contribution in [-0.2, 0) is 21.6 Å². The molecule has 3 nitrogen and oxygen atoms in total. The van der Waals surface area contributed by atoms with E-state index in [0.717, 1.165) is 30.6 Å².